The van der Waals surface area contributed by atoms with E-state index in [2.05, 4.69) is 32.9 Å². The van der Waals surface area contributed by atoms with Gasteiger partial charge in [-0.05, 0) is 30.7 Å². The van der Waals surface area contributed by atoms with Crippen LogP contribution >= 0.6 is 27.7 Å². The molecule has 1 N–H and O–H groups in total. The normalized spacial score (nSPS) is 12.6. The molecule has 0 saturated heterocycles. The lowest BCUT2D eigenvalue weighted by Gasteiger charge is -2.10. The molecule has 0 fully saturated rings. The van der Waals surface area contributed by atoms with Gasteiger partial charge < -0.3 is 5.11 Å². The van der Waals surface area contributed by atoms with Crippen LogP contribution in [0, 0.1) is 0 Å². The first kappa shape index (κ1) is 15.5. The molecule has 0 amide bonds. The fourth-order valence-corrected chi connectivity index (χ4v) is 2.93. The molecule has 0 aliphatic heterocycles. The van der Waals surface area contributed by atoms with Crippen LogP contribution in [0.4, 0.5) is 0 Å². The van der Waals surface area contributed by atoms with Gasteiger partial charge in [-0.25, -0.2) is 4.98 Å². The summed E-state index contributed by atoms with van der Waals surface area (Å²) in [6.07, 6.45) is 2.70. The summed E-state index contributed by atoms with van der Waals surface area (Å²) >= 11 is 5.06. The molecule has 1 heterocycles. The largest absolute Gasteiger partial charge is 0.392 e. The summed E-state index contributed by atoms with van der Waals surface area (Å²) in [6.45, 7) is 2.95. The average Bonchev–Trinajstić information content (AvgIpc) is 2.86. The third kappa shape index (κ3) is 4.61. The van der Waals surface area contributed by atoms with Gasteiger partial charge in [0.15, 0.2) is 0 Å². The number of aliphatic hydroxyl groups excluding tert-OH is 1. The number of thioether (sulfide) groups is 1. The Morgan fingerprint density at radius 3 is 2.80 bits per heavy atom. The molecular formula is C14H18BrN3OS. The first-order chi connectivity index (χ1) is 9.69. The van der Waals surface area contributed by atoms with E-state index < -0.39 is 6.10 Å². The third-order valence-electron chi connectivity index (χ3n) is 2.81. The second kappa shape index (κ2) is 7.81. The van der Waals surface area contributed by atoms with E-state index in [-0.39, 0.29) is 0 Å². The number of halogens is 1. The second-order valence-corrected chi connectivity index (χ2v) is 6.53. The van der Waals surface area contributed by atoms with E-state index in [1.54, 1.807) is 18.1 Å². The van der Waals surface area contributed by atoms with Crippen LogP contribution in [0.15, 0.2) is 40.0 Å². The fourth-order valence-electron chi connectivity index (χ4n) is 1.84. The molecule has 0 aliphatic carbocycles. The highest BCUT2D eigenvalue weighted by Gasteiger charge is 2.11. The molecule has 0 bridgehead atoms. The zero-order valence-corrected chi connectivity index (χ0v) is 13.8. The average molecular weight is 356 g/mol. The molecule has 2 aromatic rings. The fraction of sp³-hybridized carbons (Fsp3) is 0.429. The Hall–Kier alpha value is -0.850. The lowest BCUT2D eigenvalue weighted by molar-refractivity contribution is 0.195. The van der Waals surface area contributed by atoms with Crippen LogP contribution in [0.2, 0.25) is 0 Å². The van der Waals surface area contributed by atoms with E-state index in [1.807, 2.05) is 28.9 Å². The van der Waals surface area contributed by atoms with Crippen LogP contribution in [-0.2, 0) is 13.0 Å². The molecule has 6 heteroatoms. The maximum atomic E-state index is 10.1. The SMILES string of the molecule is CCCn1ncnc1CC(O)CSc1ccc(Br)cc1. The molecule has 0 spiro atoms. The van der Waals surface area contributed by atoms with Crippen LogP contribution in [0.25, 0.3) is 0 Å². The summed E-state index contributed by atoms with van der Waals surface area (Å²) in [7, 11) is 0. The van der Waals surface area contributed by atoms with Crippen molar-refractivity contribution in [2.24, 2.45) is 0 Å². The Morgan fingerprint density at radius 1 is 1.35 bits per heavy atom. The summed E-state index contributed by atoms with van der Waals surface area (Å²) in [4.78, 5) is 5.37. The zero-order chi connectivity index (χ0) is 14.4. The second-order valence-electron chi connectivity index (χ2n) is 4.52. The molecule has 4 nitrogen and oxygen atoms in total. The minimum absolute atomic E-state index is 0.413. The van der Waals surface area contributed by atoms with Crippen molar-refractivity contribution in [1.82, 2.24) is 14.8 Å². The Balaban J connectivity index is 1.84. The quantitative estimate of drug-likeness (QED) is 0.775. The Labute approximate surface area is 131 Å². The summed E-state index contributed by atoms with van der Waals surface area (Å²) in [5, 5.41) is 14.3. The highest BCUT2D eigenvalue weighted by atomic mass is 79.9. The van der Waals surface area contributed by atoms with Gasteiger partial charge in [-0.3, -0.25) is 4.68 Å². The molecule has 2 rings (SSSR count). The minimum atomic E-state index is -0.413. The molecule has 20 heavy (non-hydrogen) atoms. The van der Waals surface area contributed by atoms with Crippen molar-refractivity contribution in [3.05, 3.63) is 40.9 Å². The van der Waals surface area contributed by atoms with Gasteiger partial charge >= 0.3 is 0 Å². The predicted molar refractivity (Wildman–Crippen MR) is 84.9 cm³/mol. The topological polar surface area (TPSA) is 50.9 Å². The van der Waals surface area contributed by atoms with E-state index in [4.69, 9.17) is 0 Å². The molecule has 1 aromatic heterocycles. The lowest BCUT2D eigenvalue weighted by Crippen LogP contribution is -2.17. The Morgan fingerprint density at radius 2 is 2.10 bits per heavy atom. The first-order valence-corrected chi connectivity index (χ1v) is 8.40. The molecule has 1 unspecified atom stereocenters. The van der Waals surface area contributed by atoms with Gasteiger partial charge in [0.2, 0.25) is 0 Å². The standard InChI is InChI=1S/C14H18BrN3OS/c1-2-7-18-14(16-10-17-18)8-12(19)9-20-13-5-3-11(15)4-6-13/h3-6,10,12,19H,2,7-9H2,1H3. The lowest BCUT2D eigenvalue weighted by atomic mass is 10.3. The third-order valence-corrected chi connectivity index (χ3v) is 4.49. The number of hydrogen-bond acceptors (Lipinski definition) is 4. The highest BCUT2D eigenvalue weighted by Crippen LogP contribution is 2.21. The van der Waals surface area contributed by atoms with E-state index in [1.165, 1.54) is 0 Å². The van der Waals surface area contributed by atoms with Crippen molar-refractivity contribution in [2.75, 3.05) is 5.75 Å². The molecule has 108 valence electrons. The molecule has 0 radical (unpaired) electrons. The van der Waals surface area contributed by atoms with E-state index in [9.17, 15) is 5.11 Å². The number of rotatable bonds is 7. The van der Waals surface area contributed by atoms with Gasteiger partial charge in [0.05, 0.1) is 6.10 Å². The number of nitrogens with zero attached hydrogens (tertiary/aromatic N) is 3. The van der Waals surface area contributed by atoms with Crippen molar-refractivity contribution < 1.29 is 5.11 Å². The minimum Gasteiger partial charge on any atom is -0.392 e. The zero-order valence-electron chi connectivity index (χ0n) is 11.4. The van der Waals surface area contributed by atoms with Crippen molar-refractivity contribution >= 4 is 27.7 Å². The summed E-state index contributed by atoms with van der Waals surface area (Å²) in [5.41, 5.74) is 0. The molecule has 0 saturated carbocycles. The summed E-state index contributed by atoms with van der Waals surface area (Å²) in [6, 6.07) is 8.10. The molecule has 1 atom stereocenters. The first-order valence-electron chi connectivity index (χ1n) is 6.62. The summed E-state index contributed by atoms with van der Waals surface area (Å²) in [5.74, 6) is 1.51. The van der Waals surface area contributed by atoms with Gasteiger partial charge in [-0.1, -0.05) is 22.9 Å². The Kier molecular flexibility index (Phi) is 6.06. The van der Waals surface area contributed by atoms with Crippen molar-refractivity contribution in [3.63, 3.8) is 0 Å². The van der Waals surface area contributed by atoms with Crippen LogP contribution in [0.1, 0.15) is 19.2 Å². The molecule has 1 aromatic carbocycles. The number of hydrogen-bond donors (Lipinski definition) is 1. The smallest absolute Gasteiger partial charge is 0.138 e. The van der Waals surface area contributed by atoms with Crippen LogP contribution < -0.4 is 0 Å². The van der Waals surface area contributed by atoms with Gasteiger partial charge in [0.1, 0.15) is 12.2 Å². The van der Waals surface area contributed by atoms with E-state index in [0.717, 1.165) is 28.2 Å². The predicted octanol–water partition coefficient (Wildman–Crippen LogP) is 3.15. The number of aliphatic hydroxyl groups is 1. The number of benzene rings is 1. The van der Waals surface area contributed by atoms with Gasteiger partial charge in [-0.2, -0.15) is 5.10 Å². The van der Waals surface area contributed by atoms with Crippen molar-refractivity contribution in [2.45, 2.75) is 37.3 Å². The molecule has 0 aliphatic rings. The van der Waals surface area contributed by atoms with Gasteiger partial charge in [-0.15, -0.1) is 11.8 Å². The van der Waals surface area contributed by atoms with E-state index in [0.29, 0.717) is 12.2 Å². The number of aryl methyl sites for hydroxylation is 1. The van der Waals surface area contributed by atoms with Crippen LogP contribution in [-0.4, -0.2) is 31.7 Å². The van der Waals surface area contributed by atoms with Gasteiger partial charge in [0, 0.05) is 28.1 Å². The van der Waals surface area contributed by atoms with Crippen LogP contribution in [0.5, 0.6) is 0 Å². The van der Waals surface area contributed by atoms with Crippen LogP contribution in [0.3, 0.4) is 0 Å². The number of aromatic nitrogens is 3. The maximum Gasteiger partial charge on any atom is 0.138 e. The summed E-state index contributed by atoms with van der Waals surface area (Å²) < 4.78 is 2.93. The monoisotopic (exact) mass is 355 g/mol. The van der Waals surface area contributed by atoms with Crippen molar-refractivity contribution in [3.8, 4) is 0 Å². The van der Waals surface area contributed by atoms with Gasteiger partial charge in [0.25, 0.3) is 0 Å². The van der Waals surface area contributed by atoms with Crippen molar-refractivity contribution in [1.29, 1.82) is 0 Å². The maximum absolute atomic E-state index is 10.1. The Bertz CT molecular complexity index is 529. The van der Waals surface area contributed by atoms with E-state index >= 15 is 0 Å². The highest BCUT2D eigenvalue weighted by molar-refractivity contribution is 9.10. The molecular weight excluding hydrogens is 338 g/mol.